The van der Waals surface area contributed by atoms with Crippen molar-refractivity contribution in [1.82, 2.24) is 0 Å². The minimum absolute atomic E-state index is 2.81. The Kier molecular flexibility index (Phi) is 5.49. The predicted molar refractivity (Wildman–Crippen MR) is 10.7 cm³/mol. The molecule has 0 aliphatic carbocycles. The summed E-state index contributed by atoms with van der Waals surface area (Å²) < 4.78 is 0. The van der Waals surface area contributed by atoms with Gasteiger partial charge in [-0.3, -0.25) is 0 Å². The summed E-state index contributed by atoms with van der Waals surface area (Å²) >= 11 is 0. The van der Waals surface area contributed by atoms with Crippen LogP contribution in [0.15, 0.2) is 0 Å². The predicted octanol–water partition coefficient (Wildman–Crippen LogP) is -0.325. The molecule has 0 aromatic rings. The summed E-state index contributed by atoms with van der Waals surface area (Å²) in [6.45, 7) is 0. The second kappa shape index (κ2) is 5.72. The zero-order valence-electron chi connectivity index (χ0n) is 2.94. The first-order chi connectivity index (χ1) is 3.41. The lowest BCUT2D eigenvalue weighted by Gasteiger charge is -1.88. The summed E-state index contributed by atoms with van der Waals surface area (Å²) in [6, 6.07) is 0. The smallest absolute Gasteiger partial charge is 0.000177 e. The lowest BCUT2D eigenvalue weighted by atomic mass is 14.2. The van der Waals surface area contributed by atoms with Crippen LogP contribution in [0.5, 0.6) is 0 Å². The van der Waals surface area contributed by atoms with Crippen molar-refractivity contribution in [2.24, 2.45) is 0 Å². The third-order valence-electron chi connectivity index (χ3n) is 0.116. The molecule has 0 aliphatic heterocycles. The van der Waals surface area contributed by atoms with Crippen LogP contribution < -0.4 is 0 Å². The fraction of sp³-hybridized carbons (Fsp3) is 0. The van der Waals surface area contributed by atoms with E-state index in [2.05, 4.69) is 25.2 Å². The number of rotatable bonds is 4. The van der Waals surface area contributed by atoms with Gasteiger partial charge in [0, 0.05) is 0 Å². The second-order valence-corrected chi connectivity index (χ2v) is 0.353. The molecule has 44 valence electrons. The second-order valence-electron chi connectivity index (χ2n) is 0.353. The highest BCUT2D eigenvalue weighted by atomic mass is 17.9. The van der Waals surface area contributed by atoms with Crippen LogP contribution in [0.25, 0.3) is 0 Å². The molecule has 0 heterocycles. The Morgan fingerprint density at radius 2 is 1.14 bits per heavy atom. The molecule has 0 rings (SSSR count). The average Bonchev–Trinajstić information content (AvgIpc) is 1.69. The molecular formula is H2O7. The van der Waals surface area contributed by atoms with Crippen LogP contribution in [0.2, 0.25) is 0 Å². The highest BCUT2D eigenvalue weighted by Crippen LogP contribution is 1.77. The van der Waals surface area contributed by atoms with Gasteiger partial charge in [0.25, 0.3) is 0 Å². The van der Waals surface area contributed by atoms with Crippen LogP contribution in [0.1, 0.15) is 0 Å². The Bertz CT molecular complexity index is 19.2. The molecular weight excluding hydrogens is 112 g/mol. The van der Waals surface area contributed by atoms with Gasteiger partial charge in [0.15, 0.2) is 0 Å². The highest BCUT2D eigenvalue weighted by molar-refractivity contribution is 2.92. The van der Waals surface area contributed by atoms with Crippen LogP contribution in [0.3, 0.4) is 0 Å². The number of hydrogen-bond acceptors (Lipinski definition) is 7. The van der Waals surface area contributed by atoms with E-state index in [1.54, 1.807) is 0 Å². The van der Waals surface area contributed by atoms with E-state index in [1.807, 2.05) is 0 Å². The van der Waals surface area contributed by atoms with Crippen LogP contribution >= 0.6 is 0 Å². The Labute approximate surface area is 37.1 Å². The van der Waals surface area contributed by atoms with Gasteiger partial charge >= 0.3 is 0 Å². The zero-order chi connectivity index (χ0) is 5.54. The van der Waals surface area contributed by atoms with Gasteiger partial charge in [-0.2, -0.15) is 0 Å². The van der Waals surface area contributed by atoms with E-state index in [1.165, 1.54) is 0 Å². The molecule has 0 aromatic carbocycles. The van der Waals surface area contributed by atoms with Crippen molar-refractivity contribution in [2.45, 2.75) is 0 Å². The van der Waals surface area contributed by atoms with Crippen molar-refractivity contribution in [3.05, 3.63) is 0 Å². The Balaban J connectivity index is 2.45. The monoisotopic (exact) mass is 114 g/mol. The van der Waals surface area contributed by atoms with E-state index in [0.717, 1.165) is 0 Å². The van der Waals surface area contributed by atoms with Gasteiger partial charge in [-0.05, 0) is 25.2 Å². The fourth-order valence-corrected chi connectivity index (χ4v) is 0.0362. The highest BCUT2D eigenvalue weighted by Gasteiger charge is 1.83. The Morgan fingerprint density at radius 3 is 1.43 bits per heavy atom. The molecule has 0 unspecified atom stereocenters. The van der Waals surface area contributed by atoms with Gasteiger partial charge in [-0.1, -0.05) is 0 Å². The molecule has 0 bridgehead atoms. The lowest BCUT2D eigenvalue weighted by Crippen LogP contribution is -1.93. The van der Waals surface area contributed by atoms with Gasteiger partial charge in [-0.25, -0.2) is 10.5 Å². The molecule has 2 N–H and O–H groups in total. The minimum atomic E-state index is 2.81. The van der Waals surface area contributed by atoms with E-state index >= 15 is 0 Å². The van der Waals surface area contributed by atoms with Crippen molar-refractivity contribution in [1.29, 1.82) is 0 Å². The quantitative estimate of drug-likeness (QED) is 0.294. The van der Waals surface area contributed by atoms with E-state index in [9.17, 15) is 0 Å². The molecule has 0 fully saturated rings. The van der Waals surface area contributed by atoms with Gasteiger partial charge in [0.05, 0.1) is 0 Å². The molecule has 0 aromatic heterocycles. The topological polar surface area (TPSA) is 86.6 Å². The molecule has 0 atom stereocenters. The van der Waals surface area contributed by atoms with E-state index in [-0.39, 0.29) is 0 Å². The summed E-state index contributed by atoms with van der Waals surface area (Å²) in [7, 11) is 0. The summed E-state index contributed by atoms with van der Waals surface area (Å²) in [5.74, 6) is 0. The van der Waals surface area contributed by atoms with Gasteiger partial charge < -0.3 is 0 Å². The SMILES string of the molecule is OOOOOOO. The first kappa shape index (κ1) is 6.72. The molecule has 0 spiro atoms. The maximum Gasteiger partial charge on any atom is -0.000177 e. The van der Waals surface area contributed by atoms with Crippen LogP contribution in [0, 0.1) is 0 Å². The van der Waals surface area contributed by atoms with Crippen molar-refractivity contribution < 1.29 is 35.7 Å². The van der Waals surface area contributed by atoms with E-state index in [4.69, 9.17) is 10.5 Å². The zero-order valence-corrected chi connectivity index (χ0v) is 2.94. The molecule has 7 heavy (non-hydrogen) atoms. The van der Waals surface area contributed by atoms with Gasteiger partial charge in [0.1, 0.15) is 0 Å². The fourth-order valence-electron chi connectivity index (χ4n) is 0.0362. The molecule has 7 heteroatoms. The third-order valence-corrected chi connectivity index (χ3v) is 0.116. The summed E-state index contributed by atoms with van der Waals surface area (Å²) in [6.07, 6.45) is 0. The average molecular weight is 114 g/mol. The number of hydrogen-bond donors (Lipinski definition) is 2. The molecule has 0 saturated carbocycles. The Hall–Kier alpha value is -0.280. The van der Waals surface area contributed by atoms with Crippen molar-refractivity contribution in [3.8, 4) is 0 Å². The first-order valence-electron chi connectivity index (χ1n) is 1.03. The van der Waals surface area contributed by atoms with Crippen molar-refractivity contribution in [3.63, 3.8) is 0 Å². The molecule has 0 amide bonds. The van der Waals surface area contributed by atoms with Crippen LogP contribution in [-0.4, -0.2) is 10.5 Å². The maximum atomic E-state index is 7.23. The standard InChI is InChI=1S/H2O7/c1-3-5-7-6-4-2/h1-2H. The van der Waals surface area contributed by atoms with Crippen LogP contribution in [0.4, 0.5) is 0 Å². The normalized spacial score (nSPS) is 9.43. The summed E-state index contributed by atoms with van der Waals surface area (Å²) in [5.41, 5.74) is 0. The summed E-state index contributed by atoms with van der Waals surface area (Å²) in [5, 5.41) is 29.5. The maximum absolute atomic E-state index is 7.23. The van der Waals surface area contributed by atoms with Gasteiger partial charge in [0.2, 0.25) is 0 Å². The van der Waals surface area contributed by atoms with Gasteiger partial charge in [-0.15, -0.1) is 0 Å². The summed E-state index contributed by atoms with van der Waals surface area (Å²) in [4.78, 5) is 0. The lowest BCUT2D eigenvalue weighted by molar-refractivity contribution is -0.784. The van der Waals surface area contributed by atoms with Crippen LogP contribution in [-0.2, 0) is 25.2 Å². The first-order valence-corrected chi connectivity index (χ1v) is 1.03. The molecule has 7 nitrogen and oxygen atoms in total. The Morgan fingerprint density at radius 1 is 0.714 bits per heavy atom. The van der Waals surface area contributed by atoms with Crippen molar-refractivity contribution in [2.75, 3.05) is 0 Å². The largest absolute Gasteiger partial charge is 0.219 e. The van der Waals surface area contributed by atoms with E-state index < -0.39 is 0 Å². The van der Waals surface area contributed by atoms with E-state index in [0.29, 0.717) is 0 Å². The third kappa shape index (κ3) is 5.72. The van der Waals surface area contributed by atoms with Crippen molar-refractivity contribution >= 4 is 0 Å². The molecule has 0 saturated heterocycles. The molecule has 0 aliphatic rings. The minimum Gasteiger partial charge on any atom is -0.219 e. The molecule has 0 radical (unpaired) electrons.